The van der Waals surface area contributed by atoms with Crippen LogP contribution in [0.25, 0.3) is 16.2 Å². The Labute approximate surface area is 171 Å². The smallest absolute Gasteiger partial charge is 0.271 e. The molecule has 29 heavy (non-hydrogen) atoms. The maximum atomic E-state index is 13.1. The first kappa shape index (κ1) is 18.9. The molecule has 1 N–H and O–H groups in total. The van der Waals surface area contributed by atoms with Crippen LogP contribution in [0.3, 0.4) is 0 Å². The zero-order valence-electron chi connectivity index (χ0n) is 16.0. The van der Waals surface area contributed by atoms with Crippen LogP contribution in [0, 0.1) is 6.92 Å². The van der Waals surface area contributed by atoms with Crippen molar-refractivity contribution in [3.05, 3.63) is 87.2 Å². The van der Waals surface area contributed by atoms with E-state index in [2.05, 4.69) is 10.3 Å². The number of thiazole rings is 1. The minimum Gasteiger partial charge on any atom is -0.497 e. The van der Waals surface area contributed by atoms with Crippen LogP contribution in [-0.2, 0) is 6.54 Å². The van der Waals surface area contributed by atoms with E-state index in [0.717, 1.165) is 16.7 Å². The lowest BCUT2D eigenvalue weighted by Gasteiger charge is -2.07. The molecule has 2 aromatic heterocycles. The van der Waals surface area contributed by atoms with Gasteiger partial charge >= 0.3 is 0 Å². The van der Waals surface area contributed by atoms with Gasteiger partial charge in [-0.15, -0.1) is 11.3 Å². The number of aryl methyl sites for hydroxylation is 1. The van der Waals surface area contributed by atoms with E-state index in [9.17, 15) is 9.59 Å². The number of rotatable bonds is 5. The monoisotopic (exact) mass is 405 g/mol. The van der Waals surface area contributed by atoms with Crippen molar-refractivity contribution in [3.63, 3.8) is 0 Å². The highest BCUT2D eigenvalue weighted by Crippen LogP contribution is 2.26. The molecular weight excluding hydrogens is 386 g/mol. The Bertz CT molecular complexity index is 1240. The second-order valence-electron chi connectivity index (χ2n) is 6.62. The molecule has 2 heterocycles. The number of nitrogens with one attached hydrogen (secondary N) is 1. The van der Waals surface area contributed by atoms with E-state index in [1.165, 1.54) is 21.9 Å². The number of fused-ring (bicyclic) bond motifs is 1. The van der Waals surface area contributed by atoms with Gasteiger partial charge in [0.25, 0.3) is 11.5 Å². The molecule has 4 rings (SSSR count). The van der Waals surface area contributed by atoms with E-state index in [-0.39, 0.29) is 5.56 Å². The molecule has 0 aliphatic carbocycles. The molecule has 7 heteroatoms. The quantitative estimate of drug-likeness (QED) is 0.550. The largest absolute Gasteiger partial charge is 0.497 e. The number of hydrogen-bond acceptors (Lipinski definition) is 5. The van der Waals surface area contributed by atoms with Crippen LogP contribution < -0.4 is 15.6 Å². The summed E-state index contributed by atoms with van der Waals surface area (Å²) in [6.45, 7) is 2.35. The first-order valence-electron chi connectivity index (χ1n) is 9.04. The molecule has 0 atom stereocenters. The van der Waals surface area contributed by atoms with Crippen molar-refractivity contribution in [1.29, 1.82) is 0 Å². The number of methoxy groups -OCH3 is 1. The Morgan fingerprint density at radius 1 is 1.21 bits per heavy atom. The molecule has 2 aromatic carbocycles. The number of nitrogens with zero attached hydrogens (tertiary/aromatic N) is 2. The van der Waals surface area contributed by atoms with Gasteiger partial charge in [0.2, 0.25) is 0 Å². The number of ether oxygens (including phenoxy) is 1. The molecule has 146 valence electrons. The van der Waals surface area contributed by atoms with Crippen molar-refractivity contribution in [2.24, 2.45) is 0 Å². The summed E-state index contributed by atoms with van der Waals surface area (Å²) in [5.41, 5.74) is 3.22. The summed E-state index contributed by atoms with van der Waals surface area (Å²) in [5, 5.41) is 4.65. The molecule has 0 saturated carbocycles. The predicted molar refractivity (Wildman–Crippen MR) is 114 cm³/mol. The van der Waals surface area contributed by atoms with Gasteiger partial charge in [0.1, 0.15) is 11.3 Å². The minimum atomic E-state index is -0.444. The van der Waals surface area contributed by atoms with Gasteiger partial charge in [-0.25, -0.2) is 4.98 Å². The maximum absolute atomic E-state index is 13.1. The topological polar surface area (TPSA) is 72.7 Å². The van der Waals surface area contributed by atoms with Crippen LogP contribution in [0.1, 0.15) is 21.5 Å². The highest BCUT2D eigenvalue weighted by Gasteiger charge is 2.17. The predicted octanol–water partition coefficient (Wildman–Crippen LogP) is 3.67. The van der Waals surface area contributed by atoms with Crippen molar-refractivity contribution in [1.82, 2.24) is 14.7 Å². The summed E-state index contributed by atoms with van der Waals surface area (Å²) in [5.74, 6) is 0.245. The fourth-order valence-corrected chi connectivity index (χ4v) is 3.87. The lowest BCUT2D eigenvalue weighted by molar-refractivity contribution is 0.0949. The van der Waals surface area contributed by atoms with E-state index in [0.29, 0.717) is 22.9 Å². The molecular formula is C22H19N3O3S. The standard InChI is InChI=1S/C22H19N3O3S/c1-14-6-8-15(9-7-14)11-23-20(26)18-12-24-22-25(21(18)27)19(13-29-22)16-4-3-5-17(10-16)28-2/h3-10,12-13H,11H2,1-2H3,(H,23,26). The molecule has 0 spiro atoms. The number of amides is 1. The van der Waals surface area contributed by atoms with Crippen LogP contribution in [0.2, 0.25) is 0 Å². The third-order valence-electron chi connectivity index (χ3n) is 4.63. The summed E-state index contributed by atoms with van der Waals surface area (Å²) >= 11 is 1.35. The van der Waals surface area contributed by atoms with E-state index >= 15 is 0 Å². The second kappa shape index (κ2) is 7.89. The molecule has 6 nitrogen and oxygen atoms in total. The van der Waals surface area contributed by atoms with Gasteiger partial charge in [-0.05, 0) is 24.6 Å². The average molecular weight is 405 g/mol. The number of benzene rings is 2. The van der Waals surface area contributed by atoms with Crippen LogP contribution in [0.5, 0.6) is 5.75 Å². The molecule has 0 radical (unpaired) electrons. The van der Waals surface area contributed by atoms with Crippen molar-refractivity contribution in [3.8, 4) is 17.0 Å². The molecule has 4 aromatic rings. The van der Waals surface area contributed by atoms with Crippen LogP contribution in [0.4, 0.5) is 0 Å². The SMILES string of the molecule is COc1cccc(-c2csc3ncc(C(=O)NCc4ccc(C)cc4)c(=O)n23)c1. The lowest BCUT2D eigenvalue weighted by atomic mass is 10.1. The zero-order chi connectivity index (χ0) is 20.4. The summed E-state index contributed by atoms with van der Waals surface area (Å²) in [4.78, 5) is 30.5. The zero-order valence-corrected chi connectivity index (χ0v) is 16.8. The molecule has 0 bridgehead atoms. The molecule has 0 fully saturated rings. The molecule has 0 aliphatic heterocycles. The third kappa shape index (κ3) is 3.77. The van der Waals surface area contributed by atoms with Crippen molar-refractivity contribution in [2.45, 2.75) is 13.5 Å². The highest BCUT2D eigenvalue weighted by atomic mass is 32.1. The van der Waals surface area contributed by atoms with E-state index in [1.54, 1.807) is 7.11 Å². The van der Waals surface area contributed by atoms with Gasteiger partial charge in [-0.2, -0.15) is 0 Å². The minimum absolute atomic E-state index is 0.0113. The summed E-state index contributed by atoms with van der Waals surface area (Å²) in [6.07, 6.45) is 1.34. The van der Waals surface area contributed by atoms with Gasteiger partial charge in [-0.3, -0.25) is 14.0 Å². The summed E-state index contributed by atoms with van der Waals surface area (Å²) < 4.78 is 6.75. The van der Waals surface area contributed by atoms with Crippen molar-refractivity contribution in [2.75, 3.05) is 7.11 Å². The Morgan fingerprint density at radius 3 is 2.76 bits per heavy atom. The Kier molecular flexibility index (Phi) is 5.14. The normalized spacial score (nSPS) is 10.8. The Hall–Kier alpha value is -3.45. The van der Waals surface area contributed by atoms with Gasteiger partial charge in [0.05, 0.1) is 12.8 Å². The number of hydrogen-bond donors (Lipinski definition) is 1. The van der Waals surface area contributed by atoms with Gasteiger partial charge in [-0.1, -0.05) is 42.0 Å². The van der Waals surface area contributed by atoms with Gasteiger partial charge in [0.15, 0.2) is 4.96 Å². The van der Waals surface area contributed by atoms with Crippen molar-refractivity contribution >= 4 is 22.2 Å². The lowest BCUT2D eigenvalue weighted by Crippen LogP contribution is -2.31. The number of aromatic nitrogens is 2. The van der Waals surface area contributed by atoms with Crippen LogP contribution in [0.15, 0.2) is 64.9 Å². The molecule has 1 amide bonds. The first-order valence-corrected chi connectivity index (χ1v) is 9.92. The molecule has 0 aliphatic rings. The van der Waals surface area contributed by atoms with Gasteiger partial charge in [0, 0.05) is 23.7 Å². The van der Waals surface area contributed by atoms with Crippen LogP contribution >= 0.6 is 11.3 Å². The fourth-order valence-electron chi connectivity index (χ4n) is 3.02. The van der Waals surface area contributed by atoms with E-state index in [4.69, 9.17) is 4.74 Å². The first-order chi connectivity index (χ1) is 14.1. The molecule has 0 saturated heterocycles. The Morgan fingerprint density at radius 2 is 2.00 bits per heavy atom. The number of carbonyl (C=O) groups excluding carboxylic acids is 1. The Balaban J connectivity index is 1.67. The second-order valence-corrected chi connectivity index (χ2v) is 7.45. The summed E-state index contributed by atoms with van der Waals surface area (Å²) in [7, 11) is 1.59. The fraction of sp³-hybridized carbons (Fsp3) is 0.136. The summed E-state index contributed by atoms with van der Waals surface area (Å²) in [6, 6.07) is 15.3. The van der Waals surface area contributed by atoms with Gasteiger partial charge < -0.3 is 10.1 Å². The third-order valence-corrected chi connectivity index (χ3v) is 5.47. The van der Waals surface area contributed by atoms with E-state index < -0.39 is 11.5 Å². The van der Waals surface area contributed by atoms with E-state index in [1.807, 2.05) is 60.8 Å². The highest BCUT2D eigenvalue weighted by molar-refractivity contribution is 7.15. The van der Waals surface area contributed by atoms with Crippen molar-refractivity contribution < 1.29 is 9.53 Å². The maximum Gasteiger partial charge on any atom is 0.271 e. The average Bonchev–Trinajstić information content (AvgIpc) is 3.18. The molecule has 0 unspecified atom stereocenters. The van der Waals surface area contributed by atoms with Crippen LogP contribution in [-0.4, -0.2) is 22.4 Å². The number of carbonyl (C=O) groups is 1.